The molecule has 0 saturated heterocycles. The fraction of sp³-hybridized carbons (Fsp3) is 1.00. The predicted octanol–water partition coefficient (Wildman–Crippen LogP) is 3.27. The van der Waals surface area contributed by atoms with Crippen LogP contribution < -0.4 is 5.32 Å². The summed E-state index contributed by atoms with van der Waals surface area (Å²) in [7, 11) is 0. The number of hydrogen-bond acceptors (Lipinski definition) is 3. The molecule has 0 amide bonds. The van der Waals surface area contributed by atoms with Crippen molar-refractivity contribution in [2.45, 2.75) is 78.3 Å². The summed E-state index contributed by atoms with van der Waals surface area (Å²) >= 11 is 0. The number of nitrogens with one attached hydrogen (secondary N) is 1. The highest BCUT2D eigenvalue weighted by Crippen LogP contribution is 2.30. The smallest absolute Gasteiger partial charge is 0.0558 e. The van der Waals surface area contributed by atoms with Crippen molar-refractivity contribution in [2.24, 2.45) is 11.8 Å². The van der Waals surface area contributed by atoms with Gasteiger partial charge < -0.3 is 10.4 Å². The quantitative estimate of drug-likeness (QED) is 0.650. The van der Waals surface area contributed by atoms with Gasteiger partial charge in [0.25, 0.3) is 0 Å². The fourth-order valence-corrected chi connectivity index (χ4v) is 3.96. The van der Waals surface area contributed by atoms with E-state index in [1.54, 1.807) is 0 Å². The van der Waals surface area contributed by atoms with E-state index in [1.807, 2.05) is 0 Å². The normalized spacial score (nSPS) is 26.7. The molecule has 1 fully saturated rings. The molecule has 3 unspecified atom stereocenters. The highest BCUT2D eigenvalue weighted by Gasteiger charge is 2.30. The minimum atomic E-state index is 0.284. The molecule has 1 aliphatic rings. The minimum Gasteiger partial charge on any atom is -0.395 e. The number of nitrogens with zero attached hydrogens (tertiary/aromatic N) is 1. The Kier molecular flexibility index (Phi) is 9.54. The molecule has 0 aromatic carbocycles. The second-order valence-corrected chi connectivity index (χ2v) is 6.93. The molecule has 0 bridgehead atoms. The molecule has 1 saturated carbocycles. The van der Waals surface area contributed by atoms with Gasteiger partial charge in [-0.05, 0) is 56.9 Å². The van der Waals surface area contributed by atoms with E-state index in [4.69, 9.17) is 0 Å². The Labute approximate surface area is 132 Å². The molecule has 0 aromatic heterocycles. The first-order valence-electron chi connectivity index (χ1n) is 9.24. The van der Waals surface area contributed by atoms with Gasteiger partial charge in [-0.25, -0.2) is 0 Å². The molecule has 2 N–H and O–H groups in total. The topological polar surface area (TPSA) is 35.5 Å². The van der Waals surface area contributed by atoms with Crippen LogP contribution in [0.1, 0.15) is 66.2 Å². The largest absolute Gasteiger partial charge is 0.395 e. The maximum Gasteiger partial charge on any atom is 0.0558 e. The Balaban J connectivity index is 2.66. The van der Waals surface area contributed by atoms with E-state index < -0.39 is 0 Å². The Morgan fingerprint density at radius 3 is 2.48 bits per heavy atom. The van der Waals surface area contributed by atoms with Crippen molar-refractivity contribution in [1.29, 1.82) is 0 Å². The Hall–Kier alpha value is -0.120. The summed E-state index contributed by atoms with van der Waals surface area (Å²) in [5, 5.41) is 13.2. The summed E-state index contributed by atoms with van der Waals surface area (Å²) in [4.78, 5) is 2.54. The van der Waals surface area contributed by atoms with Crippen LogP contribution in [0.4, 0.5) is 0 Å². The number of aliphatic hydroxyl groups is 1. The first-order valence-corrected chi connectivity index (χ1v) is 9.24. The van der Waals surface area contributed by atoms with Crippen LogP contribution in [-0.4, -0.2) is 48.3 Å². The van der Waals surface area contributed by atoms with Gasteiger partial charge >= 0.3 is 0 Å². The Bertz CT molecular complexity index is 254. The van der Waals surface area contributed by atoms with E-state index in [0.29, 0.717) is 12.1 Å². The van der Waals surface area contributed by atoms with Gasteiger partial charge in [-0.1, -0.05) is 27.7 Å². The second-order valence-electron chi connectivity index (χ2n) is 6.93. The summed E-state index contributed by atoms with van der Waals surface area (Å²) < 4.78 is 0. The van der Waals surface area contributed by atoms with Gasteiger partial charge in [0, 0.05) is 25.2 Å². The van der Waals surface area contributed by atoms with Crippen molar-refractivity contribution in [3.63, 3.8) is 0 Å². The summed E-state index contributed by atoms with van der Waals surface area (Å²) in [6.45, 7) is 12.6. The van der Waals surface area contributed by atoms with Crippen molar-refractivity contribution in [3.8, 4) is 0 Å². The van der Waals surface area contributed by atoms with Crippen LogP contribution in [0, 0.1) is 11.8 Å². The number of rotatable bonds is 10. The third kappa shape index (κ3) is 6.25. The van der Waals surface area contributed by atoms with E-state index in [9.17, 15) is 5.11 Å². The number of hydrogen-bond donors (Lipinski definition) is 2. The standard InChI is InChI=1S/C18H38N2O/c1-5-10-19-18-9-8-15(4)13-16(18)14-20(11-12-21)17(6-2)7-3/h15-19,21H,5-14H2,1-4H3. The first-order chi connectivity index (χ1) is 10.2. The van der Waals surface area contributed by atoms with Gasteiger partial charge in [-0.2, -0.15) is 0 Å². The molecule has 0 heterocycles. The maximum absolute atomic E-state index is 9.41. The molecule has 1 rings (SSSR count). The van der Waals surface area contributed by atoms with Crippen molar-refractivity contribution < 1.29 is 5.11 Å². The summed E-state index contributed by atoms with van der Waals surface area (Å²) in [6.07, 6.45) is 7.61. The molecule has 3 heteroatoms. The molecule has 126 valence electrons. The molecule has 1 aliphatic carbocycles. The fourth-order valence-electron chi connectivity index (χ4n) is 3.96. The van der Waals surface area contributed by atoms with Crippen LogP contribution in [0.25, 0.3) is 0 Å². The van der Waals surface area contributed by atoms with E-state index in [1.165, 1.54) is 38.5 Å². The van der Waals surface area contributed by atoms with Crippen LogP contribution in [0.2, 0.25) is 0 Å². The lowest BCUT2D eigenvalue weighted by molar-refractivity contribution is 0.0903. The van der Waals surface area contributed by atoms with Crippen molar-refractivity contribution in [2.75, 3.05) is 26.2 Å². The van der Waals surface area contributed by atoms with Crippen LogP contribution >= 0.6 is 0 Å². The van der Waals surface area contributed by atoms with Crippen LogP contribution in [-0.2, 0) is 0 Å². The molecule has 21 heavy (non-hydrogen) atoms. The van der Waals surface area contributed by atoms with Gasteiger partial charge in [0.15, 0.2) is 0 Å². The van der Waals surface area contributed by atoms with Crippen molar-refractivity contribution in [3.05, 3.63) is 0 Å². The van der Waals surface area contributed by atoms with Gasteiger partial charge in [-0.3, -0.25) is 4.90 Å². The van der Waals surface area contributed by atoms with Gasteiger partial charge in [0.2, 0.25) is 0 Å². The Morgan fingerprint density at radius 1 is 1.19 bits per heavy atom. The molecule has 0 aromatic rings. The van der Waals surface area contributed by atoms with Crippen molar-refractivity contribution in [1.82, 2.24) is 10.2 Å². The van der Waals surface area contributed by atoms with E-state index >= 15 is 0 Å². The SMILES string of the molecule is CCCNC1CCC(C)CC1CN(CCO)C(CC)CC. The molecular formula is C18H38N2O. The summed E-state index contributed by atoms with van der Waals surface area (Å²) in [6, 6.07) is 1.30. The monoisotopic (exact) mass is 298 g/mol. The molecule has 0 spiro atoms. The maximum atomic E-state index is 9.41. The van der Waals surface area contributed by atoms with Gasteiger partial charge in [0.05, 0.1) is 6.61 Å². The van der Waals surface area contributed by atoms with E-state index in [0.717, 1.165) is 31.5 Å². The van der Waals surface area contributed by atoms with E-state index in [2.05, 4.69) is 37.9 Å². The molecule has 3 atom stereocenters. The van der Waals surface area contributed by atoms with Crippen molar-refractivity contribution >= 4 is 0 Å². The molecular weight excluding hydrogens is 260 g/mol. The molecule has 3 nitrogen and oxygen atoms in total. The van der Waals surface area contributed by atoms with Gasteiger partial charge in [0.1, 0.15) is 0 Å². The highest BCUT2D eigenvalue weighted by atomic mass is 16.3. The molecule has 0 aliphatic heterocycles. The second kappa shape index (κ2) is 10.6. The zero-order valence-corrected chi connectivity index (χ0v) is 14.8. The average Bonchev–Trinajstić information content (AvgIpc) is 2.48. The predicted molar refractivity (Wildman–Crippen MR) is 91.6 cm³/mol. The molecule has 0 radical (unpaired) electrons. The number of aliphatic hydroxyl groups excluding tert-OH is 1. The average molecular weight is 299 g/mol. The zero-order valence-electron chi connectivity index (χ0n) is 14.8. The highest BCUT2D eigenvalue weighted by molar-refractivity contribution is 4.86. The summed E-state index contributed by atoms with van der Waals surface area (Å²) in [5.74, 6) is 1.60. The van der Waals surface area contributed by atoms with Crippen LogP contribution in [0.15, 0.2) is 0 Å². The first kappa shape index (κ1) is 18.9. The Morgan fingerprint density at radius 2 is 1.90 bits per heavy atom. The minimum absolute atomic E-state index is 0.284. The third-order valence-electron chi connectivity index (χ3n) is 5.22. The summed E-state index contributed by atoms with van der Waals surface area (Å²) in [5.41, 5.74) is 0. The van der Waals surface area contributed by atoms with Gasteiger partial charge in [-0.15, -0.1) is 0 Å². The van der Waals surface area contributed by atoms with Crippen LogP contribution in [0.5, 0.6) is 0 Å². The lowest BCUT2D eigenvalue weighted by Gasteiger charge is -2.40. The third-order valence-corrected chi connectivity index (χ3v) is 5.22. The lowest BCUT2D eigenvalue weighted by atomic mass is 9.78. The van der Waals surface area contributed by atoms with E-state index in [-0.39, 0.29) is 6.61 Å². The lowest BCUT2D eigenvalue weighted by Crippen LogP contribution is -2.48. The zero-order chi connectivity index (χ0) is 15.7. The van der Waals surface area contributed by atoms with Crippen LogP contribution in [0.3, 0.4) is 0 Å².